The summed E-state index contributed by atoms with van der Waals surface area (Å²) in [6.45, 7) is 2.00. The third-order valence-corrected chi connectivity index (χ3v) is 1.86. The normalized spacial score (nSPS) is 13.3. The molecule has 0 aromatic carbocycles. The van der Waals surface area contributed by atoms with Gasteiger partial charge < -0.3 is 10.4 Å². The van der Waals surface area contributed by atoms with E-state index in [4.69, 9.17) is 5.11 Å². The van der Waals surface area contributed by atoms with Crippen molar-refractivity contribution in [1.29, 1.82) is 0 Å². The van der Waals surface area contributed by atoms with Crippen LogP contribution in [0.2, 0.25) is 0 Å². The minimum Gasteiger partial charge on any atom is -0.478 e. The molecule has 1 unspecified atom stereocenters. The maximum absolute atomic E-state index is 10.0. The highest BCUT2D eigenvalue weighted by Gasteiger charge is 1.94. The van der Waals surface area contributed by atoms with Crippen LogP contribution in [0.5, 0.6) is 0 Å². The summed E-state index contributed by atoms with van der Waals surface area (Å²) in [6.07, 6.45) is 4.57. The number of nitrogens with one attached hydrogen (secondary N) is 1. The largest absolute Gasteiger partial charge is 0.478 e. The van der Waals surface area contributed by atoms with Crippen molar-refractivity contribution >= 4 is 17.7 Å². The zero-order valence-corrected chi connectivity index (χ0v) is 7.52. The van der Waals surface area contributed by atoms with E-state index in [1.54, 1.807) is 11.8 Å². The van der Waals surface area contributed by atoms with Crippen LogP contribution in [0.4, 0.5) is 0 Å². The average molecular weight is 175 g/mol. The molecule has 0 spiro atoms. The van der Waals surface area contributed by atoms with Gasteiger partial charge in [-0.3, -0.25) is 0 Å². The number of aliphatic carboxylic acids is 1. The third-order valence-electron chi connectivity index (χ3n) is 1.02. The Hall–Kier alpha value is -0.640. The summed E-state index contributed by atoms with van der Waals surface area (Å²) in [5, 5.41) is 11.2. The second-order valence-corrected chi connectivity index (χ2v) is 3.11. The van der Waals surface area contributed by atoms with Gasteiger partial charge in [0.25, 0.3) is 0 Å². The molecular formula is C7H13NO2S. The highest BCUT2D eigenvalue weighted by molar-refractivity contribution is 7.98. The van der Waals surface area contributed by atoms with Gasteiger partial charge in [0.15, 0.2) is 0 Å². The standard InChI is InChI=1S/C7H13NO2S/c1-6(5-11-2)8-4-3-7(9)10/h3-4,6,8H,5H2,1-2H3,(H,9,10)/b4-3+. The fourth-order valence-corrected chi connectivity index (χ4v) is 1.18. The molecule has 0 fully saturated rings. The van der Waals surface area contributed by atoms with Crippen molar-refractivity contribution in [3.05, 3.63) is 12.3 Å². The van der Waals surface area contributed by atoms with Gasteiger partial charge in [0.2, 0.25) is 0 Å². The van der Waals surface area contributed by atoms with E-state index in [-0.39, 0.29) is 0 Å². The molecule has 0 saturated carbocycles. The highest BCUT2D eigenvalue weighted by atomic mass is 32.2. The number of carboxylic acid groups (broad SMARTS) is 1. The summed E-state index contributed by atoms with van der Waals surface area (Å²) in [4.78, 5) is 10.0. The van der Waals surface area contributed by atoms with E-state index in [1.807, 2.05) is 13.2 Å². The molecule has 0 rings (SSSR count). The molecule has 0 aromatic heterocycles. The van der Waals surface area contributed by atoms with Crippen molar-refractivity contribution < 1.29 is 9.90 Å². The second kappa shape index (κ2) is 6.09. The van der Waals surface area contributed by atoms with Gasteiger partial charge in [0, 0.05) is 24.1 Å². The van der Waals surface area contributed by atoms with Crippen molar-refractivity contribution in [2.75, 3.05) is 12.0 Å². The smallest absolute Gasteiger partial charge is 0.329 e. The number of carbonyl (C=O) groups is 1. The van der Waals surface area contributed by atoms with Gasteiger partial charge in [-0.2, -0.15) is 11.8 Å². The van der Waals surface area contributed by atoms with E-state index >= 15 is 0 Å². The zero-order valence-electron chi connectivity index (χ0n) is 6.70. The third kappa shape index (κ3) is 7.25. The van der Waals surface area contributed by atoms with Crippen LogP contribution in [0.15, 0.2) is 12.3 Å². The lowest BCUT2D eigenvalue weighted by Gasteiger charge is -2.08. The lowest BCUT2D eigenvalue weighted by molar-refractivity contribution is -0.131. The Morgan fingerprint density at radius 3 is 2.91 bits per heavy atom. The van der Waals surface area contributed by atoms with Gasteiger partial charge in [-0.05, 0) is 13.2 Å². The maximum Gasteiger partial charge on any atom is 0.329 e. The average Bonchev–Trinajstić information content (AvgIpc) is 1.87. The quantitative estimate of drug-likeness (QED) is 0.610. The number of rotatable bonds is 5. The minimum absolute atomic E-state index is 0.320. The molecule has 0 amide bonds. The van der Waals surface area contributed by atoms with E-state index in [1.165, 1.54) is 6.20 Å². The van der Waals surface area contributed by atoms with Gasteiger partial charge in [-0.25, -0.2) is 4.79 Å². The maximum atomic E-state index is 10.0. The molecular weight excluding hydrogens is 162 g/mol. The number of carboxylic acids is 1. The Morgan fingerprint density at radius 2 is 2.45 bits per heavy atom. The topological polar surface area (TPSA) is 49.3 Å². The van der Waals surface area contributed by atoms with Crippen LogP contribution in [0.25, 0.3) is 0 Å². The van der Waals surface area contributed by atoms with Crippen molar-refractivity contribution in [2.45, 2.75) is 13.0 Å². The predicted molar refractivity (Wildman–Crippen MR) is 47.8 cm³/mol. The number of hydrogen-bond acceptors (Lipinski definition) is 3. The van der Waals surface area contributed by atoms with Crippen molar-refractivity contribution in [2.24, 2.45) is 0 Å². The van der Waals surface area contributed by atoms with Crippen LogP contribution in [0, 0.1) is 0 Å². The van der Waals surface area contributed by atoms with Crippen molar-refractivity contribution in [1.82, 2.24) is 5.32 Å². The molecule has 0 aliphatic heterocycles. The van der Waals surface area contributed by atoms with Gasteiger partial charge in [0.05, 0.1) is 0 Å². The van der Waals surface area contributed by atoms with Crippen LogP contribution in [-0.4, -0.2) is 29.1 Å². The van der Waals surface area contributed by atoms with E-state index < -0.39 is 5.97 Å². The van der Waals surface area contributed by atoms with E-state index in [9.17, 15) is 4.79 Å². The molecule has 0 radical (unpaired) electrons. The lowest BCUT2D eigenvalue weighted by Crippen LogP contribution is -2.22. The summed E-state index contributed by atoms with van der Waals surface area (Å²) in [5.74, 6) is 0.0538. The molecule has 0 aromatic rings. The first-order valence-corrected chi connectivity index (χ1v) is 4.70. The minimum atomic E-state index is -0.922. The van der Waals surface area contributed by atoms with Crippen LogP contribution in [0.3, 0.4) is 0 Å². The molecule has 0 heterocycles. The molecule has 3 nitrogen and oxygen atoms in total. The van der Waals surface area contributed by atoms with Crippen LogP contribution in [-0.2, 0) is 4.79 Å². The van der Waals surface area contributed by atoms with Gasteiger partial charge in [0.1, 0.15) is 0 Å². The van der Waals surface area contributed by atoms with Crippen LogP contribution in [0.1, 0.15) is 6.92 Å². The molecule has 1 atom stereocenters. The molecule has 0 saturated heterocycles. The van der Waals surface area contributed by atoms with Gasteiger partial charge >= 0.3 is 5.97 Å². The first-order valence-electron chi connectivity index (χ1n) is 3.31. The fourth-order valence-electron chi connectivity index (χ4n) is 0.582. The van der Waals surface area contributed by atoms with Crippen LogP contribution < -0.4 is 5.32 Å². The van der Waals surface area contributed by atoms with Crippen LogP contribution >= 0.6 is 11.8 Å². The van der Waals surface area contributed by atoms with Gasteiger partial charge in [-0.15, -0.1) is 0 Å². The predicted octanol–water partition coefficient (Wildman–Crippen LogP) is 0.926. The molecule has 2 N–H and O–H groups in total. The van der Waals surface area contributed by atoms with E-state index in [2.05, 4.69) is 5.32 Å². The summed E-state index contributed by atoms with van der Waals surface area (Å²) in [5.41, 5.74) is 0. The monoisotopic (exact) mass is 175 g/mol. The first-order chi connectivity index (χ1) is 5.16. The Morgan fingerprint density at radius 1 is 1.82 bits per heavy atom. The van der Waals surface area contributed by atoms with Gasteiger partial charge in [-0.1, -0.05) is 0 Å². The second-order valence-electron chi connectivity index (χ2n) is 2.19. The Balaban J connectivity index is 3.44. The molecule has 0 bridgehead atoms. The molecule has 0 aliphatic carbocycles. The van der Waals surface area contributed by atoms with E-state index in [0.717, 1.165) is 11.8 Å². The summed E-state index contributed by atoms with van der Waals surface area (Å²) >= 11 is 1.72. The van der Waals surface area contributed by atoms with E-state index in [0.29, 0.717) is 6.04 Å². The Labute approximate surface area is 70.9 Å². The van der Waals surface area contributed by atoms with Crippen molar-refractivity contribution in [3.8, 4) is 0 Å². The molecule has 11 heavy (non-hydrogen) atoms. The molecule has 64 valence electrons. The molecule has 0 aliphatic rings. The Bertz CT molecular complexity index is 147. The highest BCUT2D eigenvalue weighted by Crippen LogP contribution is 1.95. The fraction of sp³-hybridized carbons (Fsp3) is 0.571. The Kier molecular flexibility index (Phi) is 5.74. The number of hydrogen-bond donors (Lipinski definition) is 2. The summed E-state index contributed by atoms with van der Waals surface area (Å²) in [7, 11) is 0. The molecule has 4 heteroatoms. The summed E-state index contributed by atoms with van der Waals surface area (Å²) < 4.78 is 0. The zero-order chi connectivity index (χ0) is 8.69. The first kappa shape index (κ1) is 10.4. The number of thioether (sulfide) groups is 1. The SMILES string of the molecule is CSCC(C)N/C=C/C(=O)O. The van der Waals surface area contributed by atoms with Crippen molar-refractivity contribution in [3.63, 3.8) is 0 Å². The lowest BCUT2D eigenvalue weighted by atomic mass is 10.4. The summed E-state index contributed by atoms with van der Waals surface area (Å²) in [6, 6.07) is 0.320.